The van der Waals surface area contributed by atoms with E-state index in [9.17, 15) is 19.7 Å². The van der Waals surface area contributed by atoms with Crippen LogP contribution >= 0.6 is 0 Å². The third kappa shape index (κ3) is 5.04. The molecule has 142 valence electrons. The lowest BCUT2D eigenvalue weighted by Crippen LogP contribution is -2.37. The Labute approximate surface area is 156 Å². The number of nitro groups is 1. The first kappa shape index (κ1) is 19.9. The summed E-state index contributed by atoms with van der Waals surface area (Å²) in [5.74, 6) is -0.218. The lowest BCUT2D eigenvalue weighted by molar-refractivity contribution is -0.385. The van der Waals surface area contributed by atoms with Gasteiger partial charge in [0, 0.05) is 35.5 Å². The summed E-state index contributed by atoms with van der Waals surface area (Å²) < 4.78 is 5.10. The summed E-state index contributed by atoms with van der Waals surface area (Å²) in [5.41, 5.74) is 1.06. The molecule has 0 bridgehead atoms. The van der Waals surface area contributed by atoms with Gasteiger partial charge in [0.2, 0.25) is 5.91 Å². The van der Waals surface area contributed by atoms with Gasteiger partial charge in [-0.1, -0.05) is 12.1 Å². The first-order chi connectivity index (χ1) is 12.8. The van der Waals surface area contributed by atoms with Crippen molar-refractivity contribution in [3.05, 3.63) is 63.7 Å². The van der Waals surface area contributed by atoms with E-state index in [4.69, 9.17) is 4.74 Å². The predicted octanol–water partition coefficient (Wildman–Crippen LogP) is 3.01. The summed E-state index contributed by atoms with van der Waals surface area (Å²) in [6, 6.07) is 11.1. The van der Waals surface area contributed by atoms with Crippen molar-refractivity contribution in [3.8, 4) is 5.75 Å². The van der Waals surface area contributed by atoms with Gasteiger partial charge in [0.1, 0.15) is 12.3 Å². The van der Waals surface area contributed by atoms with Crippen molar-refractivity contribution in [3.63, 3.8) is 0 Å². The van der Waals surface area contributed by atoms with Crippen LogP contribution in [0.15, 0.2) is 42.5 Å². The Morgan fingerprint density at radius 2 is 1.96 bits per heavy atom. The van der Waals surface area contributed by atoms with E-state index in [0.717, 1.165) is 0 Å². The van der Waals surface area contributed by atoms with Crippen molar-refractivity contribution < 1.29 is 19.2 Å². The van der Waals surface area contributed by atoms with Gasteiger partial charge in [-0.05, 0) is 32.0 Å². The molecule has 8 heteroatoms. The Balaban J connectivity index is 2.11. The zero-order chi connectivity index (χ0) is 20.0. The SMILES string of the molecule is CCN(CC(=O)Nc1cccc(OC)c1)C(=O)c1ccc(C)c([N+](=O)[O-])c1. The number of hydrogen-bond donors (Lipinski definition) is 1. The first-order valence-electron chi connectivity index (χ1n) is 8.34. The van der Waals surface area contributed by atoms with Crippen LogP contribution in [0.5, 0.6) is 5.75 Å². The number of nitrogens with zero attached hydrogens (tertiary/aromatic N) is 2. The van der Waals surface area contributed by atoms with E-state index in [0.29, 0.717) is 17.0 Å². The lowest BCUT2D eigenvalue weighted by Gasteiger charge is -2.20. The quantitative estimate of drug-likeness (QED) is 0.595. The molecule has 2 aromatic rings. The molecule has 0 atom stereocenters. The molecule has 0 spiro atoms. The molecule has 2 aromatic carbocycles. The Morgan fingerprint density at radius 3 is 2.59 bits per heavy atom. The van der Waals surface area contributed by atoms with Crippen LogP contribution in [0.1, 0.15) is 22.8 Å². The maximum absolute atomic E-state index is 12.7. The third-order valence-corrected chi connectivity index (χ3v) is 4.01. The Morgan fingerprint density at radius 1 is 1.22 bits per heavy atom. The molecule has 2 amide bonds. The van der Waals surface area contributed by atoms with Crippen LogP contribution in [-0.2, 0) is 4.79 Å². The molecular weight excluding hydrogens is 350 g/mol. The summed E-state index contributed by atoms with van der Waals surface area (Å²) in [5, 5.41) is 13.8. The van der Waals surface area contributed by atoms with Crippen LogP contribution < -0.4 is 10.1 Å². The first-order valence-corrected chi connectivity index (χ1v) is 8.34. The predicted molar refractivity (Wildman–Crippen MR) is 101 cm³/mol. The van der Waals surface area contributed by atoms with Gasteiger partial charge in [-0.2, -0.15) is 0 Å². The summed E-state index contributed by atoms with van der Waals surface area (Å²) in [6.07, 6.45) is 0. The van der Waals surface area contributed by atoms with Crippen molar-refractivity contribution in [2.75, 3.05) is 25.5 Å². The Bertz CT molecular complexity index is 866. The second-order valence-electron chi connectivity index (χ2n) is 5.86. The summed E-state index contributed by atoms with van der Waals surface area (Å²) >= 11 is 0. The zero-order valence-corrected chi connectivity index (χ0v) is 15.4. The smallest absolute Gasteiger partial charge is 0.273 e. The molecule has 0 unspecified atom stereocenters. The van der Waals surface area contributed by atoms with Crippen molar-refractivity contribution in [1.29, 1.82) is 0 Å². The number of likely N-dealkylation sites (N-methyl/N-ethyl adjacent to an activating group) is 1. The average Bonchev–Trinajstić information content (AvgIpc) is 2.65. The number of aryl methyl sites for hydroxylation is 1. The normalized spacial score (nSPS) is 10.2. The van der Waals surface area contributed by atoms with Crippen LogP contribution in [0.3, 0.4) is 0 Å². The second-order valence-corrected chi connectivity index (χ2v) is 5.86. The maximum atomic E-state index is 12.7. The van der Waals surface area contributed by atoms with Gasteiger partial charge in [0.15, 0.2) is 0 Å². The molecule has 0 aliphatic rings. The molecule has 0 saturated carbocycles. The largest absolute Gasteiger partial charge is 0.497 e. The van der Waals surface area contributed by atoms with E-state index in [1.54, 1.807) is 38.1 Å². The molecule has 0 aromatic heterocycles. The molecule has 27 heavy (non-hydrogen) atoms. The van der Waals surface area contributed by atoms with Gasteiger partial charge in [-0.3, -0.25) is 19.7 Å². The number of nitrogens with one attached hydrogen (secondary N) is 1. The molecule has 0 fully saturated rings. The van der Waals surface area contributed by atoms with Crippen LogP contribution in [-0.4, -0.2) is 41.8 Å². The summed E-state index contributed by atoms with van der Waals surface area (Å²) in [7, 11) is 1.53. The van der Waals surface area contributed by atoms with E-state index in [-0.39, 0.29) is 30.2 Å². The Kier molecular flexibility index (Phi) is 6.48. The minimum absolute atomic E-state index is 0.127. The van der Waals surface area contributed by atoms with Crippen molar-refractivity contribution in [2.24, 2.45) is 0 Å². The second kappa shape index (κ2) is 8.79. The highest BCUT2D eigenvalue weighted by molar-refractivity contribution is 5.99. The number of nitro benzene ring substituents is 1. The molecule has 0 aliphatic heterocycles. The highest BCUT2D eigenvalue weighted by atomic mass is 16.6. The highest BCUT2D eigenvalue weighted by Crippen LogP contribution is 2.20. The molecular formula is C19H21N3O5. The summed E-state index contributed by atoms with van der Waals surface area (Å²) in [4.78, 5) is 36.8. The highest BCUT2D eigenvalue weighted by Gasteiger charge is 2.21. The number of carbonyl (C=O) groups excluding carboxylic acids is 2. The van der Waals surface area contributed by atoms with Gasteiger partial charge < -0.3 is 15.0 Å². The standard InChI is InChI=1S/C19H21N3O5/c1-4-21(12-18(23)20-15-6-5-7-16(11-15)27-3)19(24)14-9-8-13(2)17(10-14)22(25)26/h5-11H,4,12H2,1-3H3,(H,20,23). The molecule has 0 heterocycles. The van der Waals surface area contributed by atoms with E-state index in [1.165, 1.54) is 30.2 Å². The maximum Gasteiger partial charge on any atom is 0.273 e. The van der Waals surface area contributed by atoms with E-state index >= 15 is 0 Å². The van der Waals surface area contributed by atoms with E-state index in [2.05, 4.69) is 5.32 Å². The van der Waals surface area contributed by atoms with Crippen LogP contribution in [0.25, 0.3) is 0 Å². The minimum atomic E-state index is -0.530. The third-order valence-electron chi connectivity index (χ3n) is 4.01. The number of ether oxygens (including phenoxy) is 1. The molecule has 1 N–H and O–H groups in total. The van der Waals surface area contributed by atoms with Crippen molar-refractivity contribution in [1.82, 2.24) is 4.90 Å². The number of carbonyl (C=O) groups is 2. The van der Waals surface area contributed by atoms with Gasteiger partial charge in [0.05, 0.1) is 12.0 Å². The monoisotopic (exact) mass is 371 g/mol. The number of methoxy groups -OCH3 is 1. The molecule has 0 radical (unpaired) electrons. The Hall–Kier alpha value is -3.42. The fraction of sp³-hybridized carbons (Fsp3) is 0.263. The molecule has 2 rings (SSSR count). The van der Waals surface area contributed by atoms with Gasteiger partial charge in [-0.25, -0.2) is 0 Å². The number of rotatable bonds is 7. The fourth-order valence-corrected chi connectivity index (χ4v) is 2.52. The van der Waals surface area contributed by atoms with Crippen LogP contribution in [0, 0.1) is 17.0 Å². The summed E-state index contributed by atoms with van der Waals surface area (Å²) in [6.45, 7) is 3.45. The van der Waals surface area contributed by atoms with E-state index < -0.39 is 10.8 Å². The molecule has 0 aliphatic carbocycles. The van der Waals surface area contributed by atoms with Gasteiger partial charge in [-0.15, -0.1) is 0 Å². The van der Waals surface area contributed by atoms with Gasteiger partial charge >= 0.3 is 0 Å². The van der Waals surface area contributed by atoms with Crippen LogP contribution in [0.2, 0.25) is 0 Å². The number of benzene rings is 2. The molecule has 8 nitrogen and oxygen atoms in total. The van der Waals surface area contributed by atoms with Crippen molar-refractivity contribution >= 4 is 23.2 Å². The number of hydrogen-bond acceptors (Lipinski definition) is 5. The topological polar surface area (TPSA) is 102 Å². The van der Waals surface area contributed by atoms with Gasteiger partial charge in [0.25, 0.3) is 11.6 Å². The minimum Gasteiger partial charge on any atom is -0.497 e. The average molecular weight is 371 g/mol. The number of amides is 2. The van der Waals surface area contributed by atoms with Crippen molar-refractivity contribution in [2.45, 2.75) is 13.8 Å². The van der Waals surface area contributed by atoms with Crippen LogP contribution in [0.4, 0.5) is 11.4 Å². The zero-order valence-electron chi connectivity index (χ0n) is 15.4. The fourth-order valence-electron chi connectivity index (χ4n) is 2.52. The number of anilines is 1. The molecule has 0 saturated heterocycles. The van der Waals surface area contributed by atoms with E-state index in [1.807, 2.05) is 0 Å². The lowest BCUT2D eigenvalue weighted by atomic mass is 10.1.